The van der Waals surface area contributed by atoms with E-state index >= 15 is 0 Å². The zero-order chi connectivity index (χ0) is 14.5. The van der Waals surface area contributed by atoms with Gasteiger partial charge in [0.1, 0.15) is 11.5 Å². The lowest BCUT2D eigenvalue weighted by Gasteiger charge is -2.21. The molecular formula is C15H24N4O. The summed E-state index contributed by atoms with van der Waals surface area (Å²) in [7, 11) is 1.78. The van der Waals surface area contributed by atoms with Gasteiger partial charge >= 0.3 is 0 Å². The number of amides is 1. The van der Waals surface area contributed by atoms with Gasteiger partial charge in [-0.15, -0.1) is 0 Å². The molecule has 0 aliphatic carbocycles. The molecule has 1 aliphatic heterocycles. The molecule has 1 amide bonds. The molecule has 0 aromatic carbocycles. The number of likely N-dealkylation sites (tertiary alicyclic amines) is 1. The number of carbonyl (C=O) groups is 1. The number of anilines is 1. The van der Waals surface area contributed by atoms with Gasteiger partial charge in [-0.25, -0.2) is 9.97 Å². The highest BCUT2D eigenvalue weighted by atomic mass is 16.2. The molecule has 1 aliphatic rings. The van der Waals surface area contributed by atoms with Crippen LogP contribution in [0.3, 0.4) is 0 Å². The fourth-order valence-electron chi connectivity index (χ4n) is 2.72. The van der Waals surface area contributed by atoms with E-state index in [-0.39, 0.29) is 5.91 Å². The van der Waals surface area contributed by atoms with E-state index < -0.39 is 0 Å². The summed E-state index contributed by atoms with van der Waals surface area (Å²) >= 11 is 0. The van der Waals surface area contributed by atoms with E-state index in [4.69, 9.17) is 0 Å². The lowest BCUT2D eigenvalue weighted by molar-refractivity contribution is 0.0752. The Morgan fingerprint density at radius 3 is 2.70 bits per heavy atom. The molecule has 5 heteroatoms. The zero-order valence-electron chi connectivity index (χ0n) is 12.6. The molecule has 1 aromatic heterocycles. The second-order valence-electron chi connectivity index (χ2n) is 5.76. The Hall–Kier alpha value is -1.65. The normalized spacial score (nSPS) is 19.8. The van der Waals surface area contributed by atoms with E-state index in [2.05, 4.69) is 29.1 Å². The SMILES string of the molecule is CNc1cnc(C(=O)N2CCCC(C(C)C)CC2)cn1. The first-order valence-corrected chi connectivity index (χ1v) is 7.41. The van der Waals surface area contributed by atoms with Gasteiger partial charge in [0, 0.05) is 20.1 Å². The van der Waals surface area contributed by atoms with Gasteiger partial charge < -0.3 is 10.2 Å². The van der Waals surface area contributed by atoms with Crippen molar-refractivity contribution in [1.82, 2.24) is 14.9 Å². The first kappa shape index (κ1) is 14.8. The Morgan fingerprint density at radius 2 is 2.10 bits per heavy atom. The van der Waals surface area contributed by atoms with Gasteiger partial charge in [0.25, 0.3) is 5.91 Å². The molecule has 1 fully saturated rings. The monoisotopic (exact) mass is 276 g/mol. The van der Waals surface area contributed by atoms with Crippen LogP contribution in [0.15, 0.2) is 12.4 Å². The Morgan fingerprint density at radius 1 is 1.30 bits per heavy atom. The summed E-state index contributed by atoms with van der Waals surface area (Å²) in [4.78, 5) is 22.7. The van der Waals surface area contributed by atoms with Gasteiger partial charge in [-0.1, -0.05) is 13.8 Å². The summed E-state index contributed by atoms with van der Waals surface area (Å²) in [5, 5.41) is 2.90. The Balaban J connectivity index is 2.01. The molecule has 1 unspecified atom stereocenters. The van der Waals surface area contributed by atoms with Gasteiger partial charge in [-0.2, -0.15) is 0 Å². The van der Waals surface area contributed by atoms with Crippen LogP contribution < -0.4 is 5.32 Å². The molecule has 20 heavy (non-hydrogen) atoms. The van der Waals surface area contributed by atoms with Gasteiger partial charge in [0.05, 0.1) is 12.4 Å². The topological polar surface area (TPSA) is 58.1 Å². The van der Waals surface area contributed by atoms with Crippen molar-refractivity contribution in [1.29, 1.82) is 0 Å². The van der Waals surface area contributed by atoms with Crippen LogP contribution in [0.1, 0.15) is 43.6 Å². The fourth-order valence-corrected chi connectivity index (χ4v) is 2.72. The zero-order valence-corrected chi connectivity index (χ0v) is 12.6. The van der Waals surface area contributed by atoms with Crippen LogP contribution in [0.4, 0.5) is 5.82 Å². The van der Waals surface area contributed by atoms with E-state index in [1.54, 1.807) is 19.4 Å². The third kappa shape index (κ3) is 3.46. The summed E-state index contributed by atoms with van der Waals surface area (Å²) in [6.07, 6.45) is 6.54. The van der Waals surface area contributed by atoms with Crippen molar-refractivity contribution in [3.63, 3.8) is 0 Å². The minimum atomic E-state index is 0.00422. The maximum absolute atomic E-state index is 12.4. The summed E-state index contributed by atoms with van der Waals surface area (Å²) in [6.45, 7) is 6.20. The number of nitrogens with one attached hydrogen (secondary N) is 1. The molecule has 1 N–H and O–H groups in total. The van der Waals surface area contributed by atoms with Crippen LogP contribution in [-0.2, 0) is 0 Å². The van der Waals surface area contributed by atoms with Crippen LogP contribution in [0.5, 0.6) is 0 Å². The van der Waals surface area contributed by atoms with Crippen molar-refractivity contribution in [2.24, 2.45) is 11.8 Å². The maximum atomic E-state index is 12.4. The second kappa shape index (κ2) is 6.68. The molecule has 1 aromatic rings. The van der Waals surface area contributed by atoms with Crippen molar-refractivity contribution in [3.8, 4) is 0 Å². The highest BCUT2D eigenvalue weighted by Gasteiger charge is 2.23. The number of hydrogen-bond donors (Lipinski definition) is 1. The Kier molecular flexibility index (Phi) is 4.93. The number of aromatic nitrogens is 2. The van der Waals surface area contributed by atoms with E-state index in [0.717, 1.165) is 31.8 Å². The van der Waals surface area contributed by atoms with Crippen molar-refractivity contribution >= 4 is 11.7 Å². The molecule has 0 bridgehead atoms. The second-order valence-corrected chi connectivity index (χ2v) is 5.76. The molecule has 0 radical (unpaired) electrons. The smallest absolute Gasteiger partial charge is 0.274 e. The van der Waals surface area contributed by atoms with E-state index in [1.807, 2.05) is 4.90 Å². The summed E-state index contributed by atoms with van der Waals surface area (Å²) in [6, 6.07) is 0. The summed E-state index contributed by atoms with van der Waals surface area (Å²) in [5.74, 6) is 2.10. The summed E-state index contributed by atoms with van der Waals surface area (Å²) < 4.78 is 0. The standard InChI is InChI=1S/C15H24N4O/c1-11(2)12-5-4-7-19(8-6-12)15(20)13-9-18-14(16-3)10-17-13/h9-12H,4-8H2,1-3H3,(H,16,18). The van der Waals surface area contributed by atoms with Crippen LogP contribution in [0.25, 0.3) is 0 Å². The molecule has 5 nitrogen and oxygen atoms in total. The minimum absolute atomic E-state index is 0.00422. The van der Waals surface area contributed by atoms with Crippen molar-refractivity contribution < 1.29 is 4.79 Å². The van der Waals surface area contributed by atoms with E-state index in [1.165, 1.54) is 6.42 Å². The molecule has 1 atom stereocenters. The Bertz CT molecular complexity index is 444. The highest BCUT2D eigenvalue weighted by Crippen LogP contribution is 2.25. The first-order chi connectivity index (χ1) is 9.61. The third-order valence-corrected chi connectivity index (χ3v) is 4.13. The lowest BCUT2D eigenvalue weighted by atomic mass is 9.89. The first-order valence-electron chi connectivity index (χ1n) is 7.41. The van der Waals surface area contributed by atoms with Gasteiger partial charge in [-0.05, 0) is 31.1 Å². The van der Waals surface area contributed by atoms with Crippen LogP contribution in [-0.4, -0.2) is 40.9 Å². The van der Waals surface area contributed by atoms with Crippen LogP contribution in [0, 0.1) is 11.8 Å². The van der Waals surface area contributed by atoms with Crippen molar-refractivity contribution in [3.05, 3.63) is 18.1 Å². The minimum Gasteiger partial charge on any atom is -0.372 e. The predicted molar refractivity (Wildman–Crippen MR) is 79.7 cm³/mol. The number of carbonyl (C=O) groups excluding carboxylic acids is 1. The summed E-state index contributed by atoms with van der Waals surface area (Å²) in [5.41, 5.74) is 0.437. The average molecular weight is 276 g/mol. The number of nitrogens with zero attached hydrogens (tertiary/aromatic N) is 3. The average Bonchev–Trinajstić information content (AvgIpc) is 2.72. The van der Waals surface area contributed by atoms with Gasteiger partial charge in [-0.3, -0.25) is 4.79 Å². The van der Waals surface area contributed by atoms with Crippen LogP contribution in [0.2, 0.25) is 0 Å². The highest BCUT2D eigenvalue weighted by molar-refractivity contribution is 5.92. The largest absolute Gasteiger partial charge is 0.372 e. The fraction of sp³-hybridized carbons (Fsp3) is 0.667. The Labute approximate surface area is 120 Å². The molecule has 2 heterocycles. The third-order valence-electron chi connectivity index (χ3n) is 4.13. The van der Waals surface area contributed by atoms with Gasteiger partial charge in [0.15, 0.2) is 0 Å². The molecule has 0 spiro atoms. The van der Waals surface area contributed by atoms with Gasteiger partial charge in [0.2, 0.25) is 0 Å². The predicted octanol–water partition coefficient (Wildman–Crippen LogP) is 2.42. The lowest BCUT2D eigenvalue weighted by Crippen LogP contribution is -2.32. The molecule has 0 saturated carbocycles. The molecule has 1 saturated heterocycles. The molecule has 2 rings (SSSR count). The number of rotatable bonds is 3. The van der Waals surface area contributed by atoms with E-state index in [0.29, 0.717) is 17.4 Å². The van der Waals surface area contributed by atoms with Crippen LogP contribution >= 0.6 is 0 Å². The maximum Gasteiger partial charge on any atom is 0.274 e. The van der Waals surface area contributed by atoms with Crippen molar-refractivity contribution in [2.45, 2.75) is 33.1 Å². The number of hydrogen-bond acceptors (Lipinski definition) is 4. The molecule has 110 valence electrons. The van der Waals surface area contributed by atoms with E-state index in [9.17, 15) is 4.79 Å². The molecular weight excluding hydrogens is 252 g/mol. The quantitative estimate of drug-likeness (QED) is 0.921. The van der Waals surface area contributed by atoms with Crippen molar-refractivity contribution in [2.75, 3.05) is 25.5 Å².